The van der Waals surface area contributed by atoms with Crippen molar-refractivity contribution in [3.05, 3.63) is 71.4 Å². The summed E-state index contributed by atoms with van der Waals surface area (Å²) in [4.78, 5) is 12.5. The molecule has 1 amide bonds. The highest BCUT2D eigenvalue weighted by Crippen LogP contribution is 2.18. The third-order valence-electron chi connectivity index (χ3n) is 4.02. The van der Waals surface area contributed by atoms with E-state index in [1.807, 2.05) is 55.1 Å². The molecule has 5 heteroatoms. The van der Waals surface area contributed by atoms with E-state index in [0.29, 0.717) is 23.3 Å². The monoisotopic (exact) mass is 344 g/mol. The lowest BCUT2D eigenvalue weighted by Crippen LogP contribution is -2.64. The third kappa shape index (κ3) is 3.24. The van der Waals surface area contributed by atoms with Crippen LogP contribution in [0.1, 0.15) is 17.3 Å². The van der Waals surface area contributed by atoms with Gasteiger partial charge in [0.25, 0.3) is 5.91 Å². The number of hydrogen-bond acceptors (Lipinski definition) is 2. The number of halogens is 1. The van der Waals surface area contributed by atoms with Crippen molar-refractivity contribution in [1.29, 1.82) is 0 Å². The van der Waals surface area contributed by atoms with Crippen LogP contribution in [0.25, 0.3) is 0 Å². The summed E-state index contributed by atoms with van der Waals surface area (Å²) in [6, 6.07) is 15.6. The van der Waals surface area contributed by atoms with Crippen LogP contribution in [0, 0.1) is 0 Å². The van der Waals surface area contributed by atoms with Crippen molar-refractivity contribution in [2.45, 2.75) is 6.92 Å². The predicted molar refractivity (Wildman–Crippen MR) is 100 cm³/mol. The van der Waals surface area contributed by atoms with Gasteiger partial charge in [-0.3, -0.25) is 4.79 Å². The van der Waals surface area contributed by atoms with Crippen LogP contribution in [-0.4, -0.2) is 26.7 Å². The first-order valence-electron chi connectivity index (χ1n) is 7.57. The lowest BCUT2D eigenvalue weighted by molar-refractivity contribution is 0.0957. The molecule has 0 aliphatic rings. The Bertz CT molecular complexity index is 705. The molecular formula is C18H21ClN2OSi. The molecule has 0 aromatic heterocycles. The minimum atomic E-state index is -2.47. The van der Waals surface area contributed by atoms with E-state index in [9.17, 15) is 4.79 Å². The highest BCUT2D eigenvalue weighted by molar-refractivity contribution is 7.06. The molecule has 0 aliphatic carbocycles. The van der Waals surface area contributed by atoms with E-state index in [0.717, 1.165) is 10.4 Å². The van der Waals surface area contributed by atoms with E-state index < -0.39 is 8.07 Å². The number of nitrogens with two attached hydrogens (primary N) is 1. The van der Waals surface area contributed by atoms with Gasteiger partial charge in [0.1, 0.15) is 0 Å². The number of benzene rings is 2. The fraction of sp³-hybridized carbons (Fsp3) is 0.167. The van der Waals surface area contributed by atoms with Gasteiger partial charge in [-0.1, -0.05) is 59.8 Å². The first-order valence-corrected chi connectivity index (χ1v) is 10.2. The molecule has 0 radical (unpaired) electrons. The zero-order valence-electron chi connectivity index (χ0n) is 13.2. The van der Waals surface area contributed by atoms with Crippen LogP contribution in [0.5, 0.6) is 0 Å². The first-order chi connectivity index (χ1) is 11.1. The highest BCUT2D eigenvalue weighted by atomic mass is 35.5. The quantitative estimate of drug-likeness (QED) is 0.786. The van der Waals surface area contributed by atoms with Crippen molar-refractivity contribution in [3.63, 3.8) is 0 Å². The summed E-state index contributed by atoms with van der Waals surface area (Å²) in [5, 5.41) is 5.30. The van der Waals surface area contributed by atoms with Crippen molar-refractivity contribution >= 4 is 36.0 Å². The van der Waals surface area contributed by atoms with Crippen molar-refractivity contribution in [2.24, 2.45) is 5.73 Å². The lowest BCUT2D eigenvalue weighted by Gasteiger charge is -2.30. The maximum atomic E-state index is 12.5. The number of hydrogen-bond donors (Lipinski definition) is 2. The topological polar surface area (TPSA) is 55.1 Å². The zero-order chi connectivity index (χ0) is 16.9. The largest absolute Gasteiger partial charge is 0.352 e. The van der Waals surface area contributed by atoms with Gasteiger partial charge < -0.3 is 11.1 Å². The Labute approximate surface area is 143 Å². The fourth-order valence-electron chi connectivity index (χ4n) is 2.81. The molecule has 0 spiro atoms. The van der Waals surface area contributed by atoms with Gasteiger partial charge in [0.2, 0.25) is 0 Å². The number of carbonyl (C=O) groups excluding carboxylic acids is 1. The molecule has 120 valence electrons. The van der Waals surface area contributed by atoms with E-state index >= 15 is 0 Å². The maximum Gasteiger partial charge on any atom is 0.252 e. The SMILES string of the molecule is C=C[Si](CN)(c1ccccc1)c1cccc(Cl)c1C(=O)NCC. The molecule has 3 N–H and O–H groups in total. The van der Waals surface area contributed by atoms with Crippen molar-refractivity contribution in [1.82, 2.24) is 5.32 Å². The second kappa shape index (κ2) is 7.59. The summed E-state index contributed by atoms with van der Waals surface area (Å²) in [6.45, 7) is 6.46. The molecule has 3 nitrogen and oxygen atoms in total. The smallest absolute Gasteiger partial charge is 0.252 e. The van der Waals surface area contributed by atoms with Crippen LogP contribution in [0.2, 0.25) is 5.02 Å². The van der Waals surface area contributed by atoms with E-state index in [4.69, 9.17) is 17.3 Å². The summed E-state index contributed by atoms with van der Waals surface area (Å²) < 4.78 is 0. The summed E-state index contributed by atoms with van der Waals surface area (Å²) in [6.07, 6.45) is 0.424. The number of carbonyl (C=O) groups is 1. The van der Waals surface area contributed by atoms with Gasteiger partial charge in [0, 0.05) is 6.54 Å². The Balaban J connectivity index is 2.73. The Morgan fingerprint density at radius 2 is 1.96 bits per heavy atom. The van der Waals surface area contributed by atoms with E-state index in [-0.39, 0.29) is 5.91 Å². The van der Waals surface area contributed by atoms with Crippen molar-refractivity contribution < 1.29 is 4.79 Å². The summed E-state index contributed by atoms with van der Waals surface area (Å²) in [5.41, 5.74) is 8.63. The average molecular weight is 345 g/mol. The van der Waals surface area contributed by atoms with Crippen LogP contribution < -0.4 is 21.4 Å². The van der Waals surface area contributed by atoms with Gasteiger partial charge >= 0.3 is 0 Å². The minimum absolute atomic E-state index is 0.170. The van der Waals surface area contributed by atoms with Crippen LogP contribution >= 0.6 is 11.6 Å². The molecular weight excluding hydrogens is 324 g/mol. The zero-order valence-corrected chi connectivity index (χ0v) is 14.9. The molecule has 23 heavy (non-hydrogen) atoms. The van der Waals surface area contributed by atoms with Gasteiger partial charge in [-0.05, 0) is 29.5 Å². The molecule has 2 rings (SSSR count). The number of amides is 1. The van der Waals surface area contributed by atoms with Crippen LogP contribution in [-0.2, 0) is 0 Å². The first kappa shape index (κ1) is 17.5. The van der Waals surface area contributed by atoms with Crippen molar-refractivity contribution in [2.75, 3.05) is 12.7 Å². The normalized spacial score (nSPS) is 13.2. The molecule has 0 saturated carbocycles. The molecule has 2 aromatic rings. The molecule has 0 bridgehead atoms. The standard InChI is InChI=1S/C18H21ClN2OSi/c1-3-21-18(22)17-15(19)11-8-12-16(17)23(4-2,13-20)14-9-6-5-7-10-14/h4-12H,2-3,13,20H2,1H3,(H,21,22). The number of nitrogens with one attached hydrogen (secondary N) is 1. The van der Waals surface area contributed by atoms with E-state index in [1.165, 1.54) is 0 Å². The summed E-state index contributed by atoms with van der Waals surface area (Å²) in [5.74, 6) is -0.170. The molecule has 0 fully saturated rings. The Morgan fingerprint density at radius 1 is 1.26 bits per heavy atom. The minimum Gasteiger partial charge on any atom is -0.352 e. The Hall–Kier alpha value is -1.88. The Kier molecular flexibility index (Phi) is 5.77. The molecule has 0 heterocycles. The van der Waals surface area contributed by atoms with Crippen LogP contribution in [0.4, 0.5) is 0 Å². The second-order valence-electron chi connectivity index (χ2n) is 5.27. The molecule has 0 saturated heterocycles. The molecule has 0 aliphatic heterocycles. The van der Waals surface area contributed by atoms with Gasteiger partial charge in [-0.25, -0.2) is 0 Å². The lowest BCUT2D eigenvalue weighted by atomic mass is 10.2. The molecule has 1 unspecified atom stereocenters. The third-order valence-corrected chi connectivity index (χ3v) is 8.42. The van der Waals surface area contributed by atoms with Gasteiger partial charge in [-0.15, -0.1) is 6.58 Å². The second-order valence-corrected chi connectivity index (χ2v) is 9.55. The Morgan fingerprint density at radius 3 is 2.52 bits per heavy atom. The van der Waals surface area contributed by atoms with E-state index in [1.54, 1.807) is 6.07 Å². The molecule has 1 atom stereocenters. The fourth-order valence-corrected chi connectivity index (χ4v) is 6.41. The number of rotatable bonds is 6. The van der Waals surface area contributed by atoms with E-state index in [2.05, 4.69) is 11.9 Å². The van der Waals surface area contributed by atoms with Crippen LogP contribution in [0.15, 0.2) is 60.8 Å². The predicted octanol–water partition coefficient (Wildman–Crippen LogP) is 1.88. The summed E-state index contributed by atoms with van der Waals surface area (Å²) in [7, 11) is -2.47. The maximum absolute atomic E-state index is 12.5. The molecule has 2 aromatic carbocycles. The van der Waals surface area contributed by atoms with Gasteiger partial charge in [0.05, 0.1) is 10.6 Å². The highest BCUT2D eigenvalue weighted by Gasteiger charge is 2.36. The van der Waals surface area contributed by atoms with Crippen LogP contribution in [0.3, 0.4) is 0 Å². The van der Waals surface area contributed by atoms with Gasteiger partial charge in [0.15, 0.2) is 8.07 Å². The summed E-state index contributed by atoms with van der Waals surface area (Å²) >= 11 is 6.35. The van der Waals surface area contributed by atoms with Gasteiger partial charge in [-0.2, -0.15) is 0 Å². The van der Waals surface area contributed by atoms with Crippen molar-refractivity contribution in [3.8, 4) is 0 Å². The average Bonchev–Trinajstić information content (AvgIpc) is 2.58.